The van der Waals surface area contributed by atoms with Crippen molar-refractivity contribution in [3.05, 3.63) is 40.0 Å². The van der Waals surface area contributed by atoms with Crippen molar-refractivity contribution >= 4 is 17.7 Å². The fraction of sp³-hybridized carbons (Fsp3) is 0.357. The van der Waals surface area contributed by atoms with Crippen molar-refractivity contribution in [3.8, 4) is 5.75 Å². The van der Waals surface area contributed by atoms with E-state index in [0.29, 0.717) is 5.56 Å². The number of ether oxygens (including phenoxy) is 1. The first-order valence-corrected chi connectivity index (χ1v) is 6.42. The summed E-state index contributed by atoms with van der Waals surface area (Å²) in [5, 5.41) is 19.6. The number of carboxylic acid groups (broad SMARTS) is 1. The molecule has 1 aliphatic carbocycles. The Kier molecular flexibility index (Phi) is 4.34. The van der Waals surface area contributed by atoms with Gasteiger partial charge in [-0.2, -0.15) is 0 Å². The van der Waals surface area contributed by atoms with Crippen LogP contribution in [-0.2, 0) is 4.79 Å². The molecule has 6 heteroatoms. The normalized spacial score (nSPS) is 15.6. The van der Waals surface area contributed by atoms with Crippen LogP contribution in [0.4, 0.5) is 5.69 Å². The second kappa shape index (κ2) is 6.18. The summed E-state index contributed by atoms with van der Waals surface area (Å²) in [6.07, 6.45) is 6.30. The maximum atomic E-state index is 11.0. The Morgan fingerprint density at radius 1 is 1.40 bits per heavy atom. The molecule has 0 aliphatic heterocycles. The number of nitrogens with zero attached hydrogens (tertiary/aromatic N) is 1. The molecule has 1 aromatic rings. The van der Waals surface area contributed by atoms with Crippen LogP contribution in [0.15, 0.2) is 24.3 Å². The lowest BCUT2D eigenvalue weighted by Gasteiger charge is -2.13. The lowest BCUT2D eigenvalue weighted by molar-refractivity contribution is -0.386. The molecule has 0 spiro atoms. The van der Waals surface area contributed by atoms with Crippen molar-refractivity contribution in [1.29, 1.82) is 0 Å². The number of benzene rings is 1. The lowest BCUT2D eigenvalue weighted by atomic mass is 10.1. The number of hydrogen-bond donors (Lipinski definition) is 1. The van der Waals surface area contributed by atoms with E-state index in [4.69, 9.17) is 9.84 Å². The van der Waals surface area contributed by atoms with Crippen LogP contribution in [0.25, 0.3) is 6.08 Å². The molecule has 0 bridgehead atoms. The van der Waals surface area contributed by atoms with E-state index in [1.165, 1.54) is 24.3 Å². The Morgan fingerprint density at radius 3 is 2.70 bits per heavy atom. The number of rotatable bonds is 5. The van der Waals surface area contributed by atoms with Gasteiger partial charge in [-0.15, -0.1) is 0 Å². The fourth-order valence-electron chi connectivity index (χ4n) is 2.23. The number of carbonyl (C=O) groups is 1. The zero-order chi connectivity index (χ0) is 14.5. The minimum absolute atomic E-state index is 0.00685. The Hall–Kier alpha value is -2.37. The fourth-order valence-corrected chi connectivity index (χ4v) is 2.23. The summed E-state index contributed by atoms with van der Waals surface area (Å²) in [7, 11) is 0. The maximum absolute atomic E-state index is 11.0. The second-order valence-electron chi connectivity index (χ2n) is 4.68. The Morgan fingerprint density at radius 2 is 2.10 bits per heavy atom. The average Bonchev–Trinajstić information content (AvgIpc) is 2.89. The van der Waals surface area contributed by atoms with Gasteiger partial charge in [0, 0.05) is 12.1 Å². The maximum Gasteiger partial charge on any atom is 0.328 e. The predicted molar refractivity (Wildman–Crippen MR) is 72.7 cm³/mol. The molecule has 0 amide bonds. The van der Waals surface area contributed by atoms with Gasteiger partial charge in [0.05, 0.1) is 11.0 Å². The van der Waals surface area contributed by atoms with Crippen molar-refractivity contribution < 1.29 is 19.6 Å². The summed E-state index contributed by atoms with van der Waals surface area (Å²) in [4.78, 5) is 21.0. The molecule has 0 unspecified atom stereocenters. The van der Waals surface area contributed by atoms with Gasteiger partial charge in [-0.1, -0.05) is 0 Å². The van der Waals surface area contributed by atoms with Gasteiger partial charge in [-0.3, -0.25) is 10.1 Å². The lowest BCUT2D eigenvalue weighted by Crippen LogP contribution is -2.12. The number of nitro benzene ring substituents is 1. The van der Waals surface area contributed by atoms with Crippen LogP contribution in [0, 0.1) is 10.1 Å². The molecule has 0 radical (unpaired) electrons. The zero-order valence-electron chi connectivity index (χ0n) is 10.8. The Balaban J connectivity index is 2.26. The molecule has 2 rings (SSSR count). The van der Waals surface area contributed by atoms with E-state index in [1.807, 2.05) is 0 Å². The summed E-state index contributed by atoms with van der Waals surface area (Å²) in [6.45, 7) is 0. The van der Waals surface area contributed by atoms with Gasteiger partial charge in [0.15, 0.2) is 5.75 Å². The molecule has 1 fully saturated rings. The number of carboxylic acids is 1. The third kappa shape index (κ3) is 3.57. The topological polar surface area (TPSA) is 89.7 Å². The third-order valence-electron chi connectivity index (χ3n) is 3.19. The van der Waals surface area contributed by atoms with E-state index in [-0.39, 0.29) is 17.5 Å². The third-order valence-corrected chi connectivity index (χ3v) is 3.19. The quantitative estimate of drug-likeness (QED) is 0.507. The first kappa shape index (κ1) is 14.0. The monoisotopic (exact) mass is 277 g/mol. The zero-order valence-corrected chi connectivity index (χ0v) is 10.8. The van der Waals surface area contributed by atoms with Crippen LogP contribution in [0.2, 0.25) is 0 Å². The van der Waals surface area contributed by atoms with Crippen molar-refractivity contribution in [2.75, 3.05) is 0 Å². The molecule has 0 atom stereocenters. The molecule has 0 saturated heterocycles. The molecule has 20 heavy (non-hydrogen) atoms. The Bertz CT molecular complexity index is 546. The highest BCUT2D eigenvalue weighted by Gasteiger charge is 2.22. The summed E-state index contributed by atoms with van der Waals surface area (Å²) in [5.41, 5.74) is 0.468. The largest absolute Gasteiger partial charge is 0.483 e. The molecule has 1 aliphatic rings. The summed E-state index contributed by atoms with van der Waals surface area (Å²) in [5.74, 6) is -0.865. The van der Waals surface area contributed by atoms with Crippen LogP contribution in [0.3, 0.4) is 0 Å². The van der Waals surface area contributed by atoms with E-state index in [9.17, 15) is 14.9 Å². The van der Waals surface area contributed by atoms with Crippen LogP contribution < -0.4 is 4.74 Å². The van der Waals surface area contributed by atoms with E-state index in [2.05, 4.69) is 0 Å². The van der Waals surface area contributed by atoms with E-state index in [0.717, 1.165) is 31.8 Å². The summed E-state index contributed by atoms with van der Waals surface area (Å²) < 4.78 is 5.69. The van der Waals surface area contributed by atoms with Gasteiger partial charge >= 0.3 is 11.7 Å². The second-order valence-corrected chi connectivity index (χ2v) is 4.68. The summed E-state index contributed by atoms with van der Waals surface area (Å²) in [6, 6.07) is 4.35. The van der Waals surface area contributed by atoms with Crippen molar-refractivity contribution in [2.45, 2.75) is 31.8 Å². The smallest absolute Gasteiger partial charge is 0.328 e. The van der Waals surface area contributed by atoms with Gasteiger partial charge in [-0.05, 0) is 49.5 Å². The van der Waals surface area contributed by atoms with Crippen LogP contribution in [-0.4, -0.2) is 22.1 Å². The molecular weight excluding hydrogens is 262 g/mol. The highest BCUT2D eigenvalue weighted by atomic mass is 16.6. The first-order valence-electron chi connectivity index (χ1n) is 6.42. The van der Waals surface area contributed by atoms with Crippen molar-refractivity contribution in [1.82, 2.24) is 0 Å². The minimum atomic E-state index is -1.07. The average molecular weight is 277 g/mol. The van der Waals surface area contributed by atoms with Gasteiger partial charge in [0.25, 0.3) is 0 Å². The SMILES string of the molecule is O=C(O)C=Cc1ccc([N+](=O)[O-])c(OC2CCCC2)c1. The highest BCUT2D eigenvalue weighted by molar-refractivity contribution is 5.85. The van der Waals surface area contributed by atoms with Gasteiger partial charge in [0.2, 0.25) is 0 Å². The van der Waals surface area contributed by atoms with Gasteiger partial charge in [-0.25, -0.2) is 4.79 Å². The van der Waals surface area contributed by atoms with Crippen molar-refractivity contribution in [2.24, 2.45) is 0 Å². The molecule has 106 valence electrons. The van der Waals surface area contributed by atoms with Crippen LogP contribution >= 0.6 is 0 Å². The molecule has 1 saturated carbocycles. The van der Waals surface area contributed by atoms with E-state index < -0.39 is 10.9 Å². The first-order chi connectivity index (χ1) is 9.56. The predicted octanol–water partition coefficient (Wildman–Crippen LogP) is 3.01. The van der Waals surface area contributed by atoms with Crippen LogP contribution in [0.5, 0.6) is 5.75 Å². The number of hydrogen-bond acceptors (Lipinski definition) is 4. The standard InChI is InChI=1S/C14H15NO5/c16-14(17)8-6-10-5-7-12(15(18)19)13(9-10)20-11-3-1-2-4-11/h5-9,11H,1-4H2,(H,16,17). The highest BCUT2D eigenvalue weighted by Crippen LogP contribution is 2.32. The summed E-state index contributed by atoms with van der Waals surface area (Å²) >= 11 is 0. The van der Waals surface area contributed by atoms with Gasteiger partial charge < -0.3 is 9.84 Å². The Labute approximate surface area is 115 Å². The molecule has 1 N–H and O–H groups in total. The minimum Gasteiger partial charge on any atom is -0.483 e. The molecular formula is C14H15NO5. The van der Waals surface area contributed by atoms with Gasteiger partial charge in [0.1, 0.15) is 0 Å². The number of nitro groups is 1. The van der Waals surface area contributed by atoms with Crippen LogP contribution in [0.1, 0.15) is 31.2 Å². The molecule has 0 heterocycles. The molecule has 0 aromatic heterocycles. The molecule has 1 aromatic carbocycles. The number of aliphatic carboxylic acids is 1. The van der Waals surface area contributed by atoms with Crippen molar-refractivity contribution in [3.63, 3.8) is 0 Å². The van der Waals surface area contributed by atoms with E-state index >= 15 is 0 Å². The van der Waals surface area contributed by atoms with E-state index in [1.54, 1.807) is 0 Å². The molecule has 6 nitrogen and oxygen atoms in total.